The summed E-state index contributed by atoms with van der Waals surface area (Å²) in [6, 6.07) is 8.23. The maximum Gasteiger partial charge on any atom is 0.272 e. The summed E-state index contributed by atoms with van der Waals surface area (Å²) in [5.41, 5.74) is -0.229. The molecule has 0 heterocycles. The smallest absolute Gasteiger partial charge is 0.272 e. The fourth-order valence-corrected chi connectivity index (χ4v) is 4.62. The molecule has 0 unspecified atom stereocenters. The standard InChI is InChI=1S/C18H20FNO6S2/c1-4-11-28(24,25)20(14-7-10-17(26-2)16(19)12-14)18(21)13-5-8-15(9-6-13)27(3,22)23/h5-10,12H,4,11H2,1-3H3. The minimum Gasteiger partial charge on any atom is -0.494 e. The van der Waals surface area contributed by atoms with Gasteiger partial charge < -0.3 is 4.74 Å². The Morgan fingerprint density at radius 3 is 2.14 bits per heavy atom. The molecule has 2 rings (SSSR count). The first-order chi connectivity index (χ1) is 13.0. The van der Waals surface area contributed by atoms with Crippen LogP contribution in [0.4, 0.5) is 10.1 Å². The zero-order valence-corrected chi connectivity index (χ0v) is 17.2. The summed E-state index contributed by atoms with van der Waals surface area (Å²) in [5.74, 6) is -2.16. The van der Waals surface area contributed by atoms with E-state index in [1.54, 1.807) is 6.92 Å². The van der Waals surface area contributed by atoms with E-state index in [-0.39, 0.29) is 34.1 Å². The Balaban J connectivity index is 2.56. The van der Waals surface area contributed by atoms with Gasteiger partial charge in [0.2, 0.25) is 10.0 Å². The van der Waals surface area contributed by atoms with E-state index in [2.05, 4.69) is 0 Å². The molecule has 0 aliphatic rings. The number of benzene rings is 2. The van der Waals surface area contributed by atoms with Gasteiger partial charge in [0, 0.05) is 17.9 Å². The van der Waals surface area contributed by atoms with Crippen molar-refractivity contribution in [2.45, 2.75) is 18.2 Å². The van der Waals surface area contributed by atoms with Crippen LogP contribution in [-0.4, -0.2) is 41.9 Å². The molecule has 0 atom stereocenters. The van der Waals surface area contributed by atoms with Gasteiger partial charge in [0.15, 0.2) is 21.4 Å². The number of hydrogen-bond donors (Lipinski definition) is 0. The van der Waals surface area contributed by atoms with Gasteiger partial charge in [-0.15, -0.1) is 0 Å². The fourth-order valence-electron chi connectivity index (χ4n) is 2.50. The molecule has 1 amide bonds. The molecule has 0 saturated carbocycles. The van der Waals surface area contributed by atoms with Crippen molar-refractivity contribution in [2.75, 3.05) is 23.4 Å². The fraction of sp³-hybridized carbons (Fsp3) is 0.278. The van der Waals surface area contributed by atoms with Crippen LogP contribution in [0.15, 0.2) is 47.4 Å². The van der Waals surface area contributed by atoms with Crippen LogP contribution in [-0.2, 0) is 19.9 Å². The Morgan fingerprint density at radius 2 is 1.68 bits per heavy atom. The van der Waals surface area contributed by atoms with E-state index in [1.165, 1.54) is 43.5 Å². The van der Waals surface area contributed by atoms with Gasteiger partial charge in [0.05, 0.1) is 23.4 Å². The predicted molar refractivity (Wildman–Crippen MR) is 103 cm³/mol. The largest absolute Gasteiger partial charge is 0.494 e. The average molecular weight is 429 g/mol. The first kappa shape index (κ1) is 21.8. The van der Waals surface area contributed by atoms with Crippen molar-refractivity contribution in [1.29, 1.82) is 0 Å². The number of amides is 1. The monoisotopic (exact) mass is 429 g/mol. The molecule has 0 radical (unpaired) electrons. The van der Waals surface area contributed by atoms with Gasteiger partial charge >= 0.3 is 0 Å². The van der Waals surface area contributed by atoms with Crippen molar-refractivity contribution >= 4 is 31.5 Å². The molecular weight excluding hydrogens is 409 g/mol. The number of sulfone groups is 1. The van der Waals surface area contributed by atoms with E-state index >= 15 is 0 Å². The van der Waals surface area contributed by atoms with E-state index in [0.29, 0.717) is 4.31 Å². The molecule has 7 nitrogen and oxygen atoms in total. The van der Waals surface area contributed by atoms with Crippen LogP contribution in [0.5, 0.6) is 5.75 Å². The van der Waals surface area contributed by atoms with Crippen LogP contribution >= 0.6 is 0 Å². The molecule has 2 aromatic rings. The topological polar surface area (TPSA) is 97.8 Å². The van der Waals surface area contributed by atoms with E-state index in [9.17, 15) is 26.0 Å². The summed E-state index contributed by atoms with van der Waals surface area (Å²) >= 11 is 0. The third-order valence-electron chi connectivity index (χ3n) is 3.82. The zero-order valence-electron chi connectivity index (χ0n) is 15.5. The van der Waals surface area contributed by atoms with Gasteiger partial charge in [-0.05, 0) is 42.8 Å². The number of nitrogens with zero attached hydrogens (tertiary/aromatic N) is 1. The Hall–Kier alpha value is -2.46. The van der Waals surface area contributed by atoms with Gasteiger partial charge in [-0.1, -0.05) is 6.92 Å². The number of halogens is 1. The quantitative estimate of drug-likeness (QED) is 0.671. The van der Waals surface area contributed by atoms with E-state index in [1.807, 2.05) is 0 Å². The maximum atomic E-state index is 14.1. The van der Waals surface area contributed by atoms with Crippen LogP contribution in [0.3, 0.4) is 0 Å². The molecule has 0 spiro atoms. The first-order valence-corrected chi connectivity index (χ1v) is 11.7. The number of anilines is 1. The highest BCUT2D eigenvalue weighted by Crippen LogP contribution is 2.27. The summed E-state index contributed by atoms with van der Waals surface area (Å²) in [5, 5.41) is 0. The molecule has 2 aromatic carbocycles. The van der Waals surface area contributed by atoms with Gasteiger partial charge in [0.1, 0.15) is 0 Å². The second-order valence-electron chi connectivity index (χ2n) is 6.00. The molecule has 152 valence electrons. The highest BCUT2D eigenvalue weighted by molar-refractivity contribution is 7.93. The summed E-state index contributed by atoms with van der Waals surface area (Å²) in [4.78, 5) is 12.9. The molecule has 0 N–H and O–H groups in total. The number of sulfonamides is 1. The number of carbonyl (C=O) groups is 1. The van der Waals surface area contributed by atoms with Gasteiger partial charge in [-0.3, -0.25) is 4.79 Å². The molecule has 28 heavy (non-hydrogen) atoms. The van der Waals surface area contributed by atoms with Gasteiger partial charge in [0.25, 0.3) is 5.91 Å². The maximum absolute atomic E-state index is 14.1. The lowest BCUT2D eigenvalue weighted by Gasteiger charge is -2.23. The highest BCUT2D eigenvalue weighted by atomic mass is 32.2. The lowest BCUT2D eigenvalue weighted by Crippen LogP contribution is -2.38. The van der Waals surface area contributed by atoms with E-state index < -0.39 is 31.6 Å². The second kappa shape index (κ2) is 8.27. The number of rotatable bonds is 7. The lowest BCUT2D eigenvalue weighted by atomic mass is 10.2. The number of methoxy groups -OCH3 is 1. The second-order valence-corrected chi connectivity index (χ2v) is 9.95. The van der Waals surface area contributed by atoms with Crippen LogP contribution < -0.4 is 9.04 Å². The number of ether oxygens (including phenoxy) is 1. The molecule has 10 heteroatoms. The van der Waals surface area contributed by atoms with Crippen molar-refractivity contribution in [1.82, 2.24) is 0 Å². The SMILES string of the molecule is CCCS(=O)(=O)N(C(=O)c1ccc(S(C)(=O)=O)cc1)c1ccc(OC)c(F)c1. The van der Waals surface area contributed by atoms with Crippen molar-refractivity contribution in [3.05, 3.63) is 53.8 Å². The van der Waals surface area contributed by atoms with Crippen LogP contribution in [0.1, 0.15) is 23.7 Å². The summed E-state index contributed by atoms with van der Waals surface area (Å²) in [7, 11) is -6.30. The van der Waals surface area contributed by atoms with Crippen molar-refractivity contribution in [3.63, 3.8) is 0 Å². The van der Waals surface area contributed by atoms with Crippen LogP contribution in [0, 0.1) is 5.82 Å². The summed E-state index contributed by atoms with van der Waals surface area (Å²) in [6.07, 6.45) is 1.26. The molecular formula is C18H20FNO6S2. The Bertz CT molecular complexity index is 1080. The van der Waals surface area contributed by atoms with E-state index in [0.717, 1.165) is 12.3 Å². The third-order valence-corrected chi connectivity index (χ3v) is 6.81. The normalized spacial score (nSPS) is 11.9. The molecule has 0 aliphatic carbocycles. The summed E-state index contributed by atoms with van der Waals surface area (Å²) < 4.78 is 68.0. The zero-order chi connectivity index (χ0) is 21.1. The van der Waals surface area contributed by atoms with Gasteiger partial charge in [-0.25, -0.2) is 25.5 Å². The van der Waals surface area contributed by atoms with Crippen LogP contribution in [0.25, 0.3) is 0 Å². The van der Waals surface area contributed by atoms with Crippen molar-refractivity contribution < 1.29 is 30.8 Å². The van der Waals surface area contributed by atoms with Crippen molar-refractivity contribution in [2.24, 2.45) is 0 Å². The molecule has 0 fully saturated rings. The Kier molecular flexibility index (Phi) is 6.45. The third kappa shape index (κ3) is 4.68. The minimum atomic E-state index is -4.09. The molecule has 0 aromatic heterocycles. The van der Waals surface area contributed by atoms with Crippen molar-refractivity contribution in [3.8, 4) is 5.75 Å². The Morgan fingerprint density at radius 1 is 1.07 bits per heavy atom. The minimum absolute atomic E-state index is 0.0116. The van der Waals surface area contributed by atoms with E-state index in [4.69, 9.17) is 4.74 Å². The van der Waals surface area contributed by atoms with Gasteiger partial charge in [-0.2, -0.15) is 0 Å². The highest BCUT2D eigenvalue weighted by Gasteiger charge is 2.30. The average Bonchev–Trinajstić information content (AvgIpc) is 2.61. The number of hydrogen-bond acceptors (Lipinski definition) is 6. The summed E-state index contributed by atoms with van der Waals surface area (Å²) in [6.45, 7) is 1.63. The first-order valence-electron chi connectivity index (χ1n) is 8.22. The molecule has 0 saturated heterocycles. The lowest BCUT2D eigenvalue weighted by molar-refractivity contribution is 0.100. The van der Waals surface area contributed by atoms with Crippen LogP contribution in [0.2, 0.25) is 0 Å². The predicted octanol–water partition coefficient (Wildman–Crippen LogP) is 2.62. The molecule has 0 bridgehead atoms. The molecule has 0 aliphatic heterocycles. The number of carbonyl (C=O) groups excluding carboxylic acids is 1. The Labute approximate surface area is 163 Å².